The average Bonchev–Trinajstić information content (AvgIpc) is 1.75. The molecule has 0 radical (unpaired) electrons. The lowest BCUT2D eigenvalue weighted by Crippen LogP contribution is -2.50. The summed E-state index contributed by atoms with van der Waals surface area (Å²) >= 11 is 0. The number of nitrogens with one attached hydrogen (secondary N) is 1. The first kappa shape index (κ1) is 95.4. The summed E-state index contributed by atoms with van der Waals surface area (Å²) in [6.45, 7) is 26.8. The minimum atomic E-state index is -0.106. The molecular formula is C109H119N31O5. The number of benzene rings is 1. The molecule has 145 heavy (non-hydrogen) atoms. The van der Waals surface area contributed by atoms with Crippen LogP contribution in [0.3, 0.4) is 0 Å². The lowest BCUT2D eigenvalue weighted by atomic mass is 9.91. The maximum Gasteiger partial charge on any atom is 0.258 e. The second-order valence-electron chi connectivity index (χ2n) is 38.9. The maximum atomic E-state index is 12.9. The molecule has 0 unspecified atom stereocenters. The number of fused-ring (bicyclic) bond motifs is 10. The number of piperidine rings is 2. The molecule has 0 bridgehead atoms. The fourth-order valence-corrected chi connectivity index (χ4v) is 20.5. The van der Waals surface area contributed by atoms with Crippen LogP contribution in [0.25, 0.3) is 118 Å². The zero-order valence-electron chi connectivity index (χ0n) is 83.5. The van der Waals surface area contributed by atoms with Gasteiger partial charge in [0.2, 0.25) is 0 Å². The van der Waals surface area contributed by atoms with E-state index in [0.29, 0.717) is 91.8 Å². The van der Waals surface area contributed by atoms with Crippen molar-refractivity contribution in [2.75, 3.05) is 153 Å². The Kier molecular flexibility index (Phi) is 27.2. The first-order valence-corrected chi connectivity index (χ1v) is 50.2. The molecule has 24 heterocycles. The number of hydrogen-bond acceptors (Lipinski definition) is 27. The zero-order valence-corrected chi connectivity index (χ0v) is 83.5. The van der Waals surface area contributed by atoms with Gasteiger partial charge in [-0.25, -0.2) is 43.5 Å². The Labute approximate surface area is 836 Å². The number of likely N-dealkylation sites (N-methyl/N-ethyl adjacent to an activating group) is 1. The highest BCUT2D eigenvalue weighted by atomic mass is 16.1. The first-order chi connectivity index (χ1) is 70.4. The molecule has 36 nitrogen and oxygen atoms in total. The van der Waals surface area contributed by atoms with E-state index < -0.39 is 0 Å². The van der Waals surface area contributed by atoms with Crippen LogP contribution in [0.2, 0.25) is 0 Å². The number of hydrogen-bond donors (Lipinski definition) is 1. The molecule has 6 aliphatic rings. The third-order valence-electron chi connectivity index (χ3n) is 28.7. The van der Waals surface area contributed by atoms with E-state index in [0.717, 1.165) is 214 Å². The summed E-state index contributed by atoms with van der Waals surface area (Å²) in [5, 5.41) is 22.4. The summed E-state index contributed by atoms with van der Waals surface area (Å²) in [7, 11) is 10.1. The van der Waals surface area contributed by atoms with Crippen LogP contribution in [0.1, 0.15) is 99.3 Å². The van der Waals surface area contributed by atoms with Crippen LogP contribution in [-0.4, -0.2) is 270 Å². The standard InChI is InChI=1S/C24H25N5O.C22H23N7O.C22H25N7O.C21H23N7O.C20H23N5O/c1-3-10-28-11-8-17(9-12-28)19-5-7-23-26-21(14-24(30)29(23)16-19)18-4-6-22-20(13-18)15-25-27(22)2;1-15-12-29-18(11-23-15)9-20(25-29)19-10-22(30)28-14-17(4-5-21(28)24-19)27-8-7-26-6-2-3-16(26)13-27;1-15-13-29-18(12-23-15)10-20(25-29)19-11-22(30)28-14-17(4-5-21(28)24-19)27-8-6-16(7-9-27)26(2)3;1-3-25-6-8-26(9-7-25)16-4-5-20-23-18(11-21(29)27(20)14-16)19-10-17-12-22-15(2)13-28(17)24-19;1-24(2)18-5-3-15(12-22-18)17-11-20(26)25-13-16(4-6-19(25)23-17)14-7-9-21-10-8-14/h4-8,13-16H,3,9-12H2,1-2H3;4-5,9-12,14,16H,2-3,6-8,13H2,1H3;4-5,10-14,16H,6-9H2,1-3H3;4-5,10-14H,3,6-9H2,1-2H3;3-6,11-14,21H,7-10H2,1-2H3/t;16-;;;/m.1.../s1. The molecule has 0 spiro atoms. The van der Waals surface area contributed by atoms with Gasteiger partial charge in [0.25, 0.3) is 27.8 Å². The van der Waals surface area contributed by atoms with Crippen LogP contribution in [0.4, 0.5) is 22.9 Å². The van der Waals surface area contributed by atoms with Gasteiger partial charge < -0.3 is 34.7 Å². The van der Waals surface area contributed by atoms with Gasteiger partial charge in [-0.1, -0.05) is 32.1 Å². The van der Waals surface area contributed by atoms with Crippen LogP contribution < -0.4 is 52.7 Å². The number of piperazine rings is 2. The van der Waals surface area contributed by atoms with Crippen LogP contribution in [0.5, 0.6) is 0 Å². The molecule has 36 heteroatoms. The molecule has 0 amide bonds. The highest BCUT2D eigenvalue weighted by Gasteiger charge is 2.32. The topological polar surface area (TPSA) is 331 Å². The minimum Gasteiger partial charge on any atom is -0.370 e. The highest BCUT2D eigenvalue weighted by molar-refractivity contribution is 5.84. The smallest absolute Gasteiger partial charge is 0.258 e. The Hall–Kier alpha value is -15.8. The molecule has 19 aromatic rings. The van der Waals surface area contributed by atoms with Gasteiger partial charge in [0.15, 0.2) is 0 Å². The van der Waals surface area contributed by atoms with Crippen molar-refractivity contribution in [3.8, 4) is 56.7 Å². The Morgan fingerprint density at radius 1 is 0.407 bits per heavy atom. The van der Waals surface area contributed by atoms with Crippen molar-refractivity contribution < 1.29 is 0 Å². The number of aromatic nitrogens is 22. The van der Waals surface area contributed by atoms with Gasteiger partial charge in [-0.05, 0) is 239 Å². The average molecular weight is 1940 g/mol. The van der Waals surface area contributed by atoms with Gasteiger partial charge >= 0.3 is 0 Å². The molecule has 25 rings (SSSR count). The molecule has 740 valence electrons. The maximum absolute atomic E-state index is 12.9. The summed E-state index contributed by atoms with van der Waals surface area (Å²) < 4.78 is 15.3. The summed E-state index contributed by atoms with van der Waals surface area (Å²) in [5.41, 5.74) is 22.7. The van der Waals surface area contributed by atoms with E-state index in [9.17, 15) is 24.0 Å². The third-order valence-corrected chi connectivity index (χ3v) is 28.7. The second-order valence-corrected chi connectivity index (χ2v) is 38.9. The van der Waals surface area contributed by atoms with Crippen molar-refractivity contribution in [3.05, 3.63) is 306 Å². The van der Waals surface area contributed by atoms with E-state index in [1.54, 1.807) is 90.7 Å². The largest absolute Gasteiger partial charge is 0.370 e. The summed E-state index contributed by atoms with van der Waals surface area (Å²) in [5.74, 6) is 1.38. The zero-order chi connectivity index (χ0) is 99.8. The lowest BCUT2D eigenvalue weighted by molar-refractivity contribution is 0.231. The van der Waals surface area contributed by atoms with Crippen molar-refractivity contribution in [2.24, 2.45) is 7.05 Å². The molecular weight excluding hydrogens is 1820 g/mol. The van der Waals surface area contributed by atoms with Crippen molar-refractivity contribution >= 4 is 84.1 Å². The molecule has 1 aromatic carbocycles. The Morgan fingerprint density at radius 3 is 1.39 bits per heavy atom. The summed E-state index contributed by atoms with van der Waals surface area (Å²) in [4.78, 5) is 124. The molecule has 1 atom stereocenters. The van der Waals surface area contributed by atoms with Gasteiger partial charge in [0, 0.05) is 189 Å². The number of pyridine rings is 6. The quantitative estimate of drug-likeness (QED) is 0.0996. The molecule has 0 aliphatic carbocycles. The molecule has 6 aliphatic heterocycles. The van der Waals surface area contributed by atoms with Gasteiger partial charge in [0.1, 0.15) is 51.1 Å². The van der Waals surface area contributed by atoms with Gasteiger partial charge in [-0.15, -0.1) is 0 Å². The van der Waals surface area contributed by atoms with Crippen molar-refractivity contribution in [1.82, 2.24) is 130 Å². The fourth-order valence-electron chi connectivity index (χ4n) is 20.5. The molecule has 18 aromatic heterocycles. The van der Waals surface area contributed by atoms with E-state index in [4.69, 9.17) is 9.97 Å². The minimum absolute atomic E-state index is 0.0579. The Balaban J connectivity index is 0.000000107. The monoisotopic (exact) mass is 1940 g/mol. The molecule has 1 N–H and O–H groups in total. The van der Waals surface area contributed by atoms with Crippen molar-refractivity contribution in [2.45, 2.75) is 104 Å². The number of aryl methyl sites for hydroxylation is 4. The summed E-state index contributed by atoms with van der Waals surface area (Å²) in [6.07, 6.45) is 35.6. The SMILES string of the molecule is CCCN1CC=C(c2ccc3nc(-c4ccc5c(cnn5C)c4)cc(=O)n3c2)CC1.CCN1CCN(c2ccc3nc(-c4cc5cnc(C)cn5n4)cc(=O)n3c2)CC1.CN(C)c1ccc(-c2cc(=O)n3cc(C4CCNCC4)ccc3n2)cn1.Cc1cn2nc(-c3cc(=O)n4cc(N5CCC(N(C)C)CC5)ccc4n3)cc2cn1.Cc1cn2nc(-c3cc(=O)n4cc(N5CCN6CCC[C@@H]6C5)ccc4n3)cc2cn1. The lowest BCUT2D eigenvalue weighted by Gasteiger charge is -2.38. The molecule has 5 fully saturated rings. The fraction of sp³-hybridized carbons (Fsp3) is 0.339. The Morgan fingerprint density at radius 2 is 0.883 bits per heavy atom. The van der Waals surface area contributed by atoms with Gasteiger partial charge in [0.05, 0.1) is 128 Å². The first-order valence-electron chi connectivity index (χ1n) is 50.2. The predicted octanol–water partition coefficient (Wildman–Crippen LogP) is 12.1. The molecule has 0 saturated carbocycles. The molecule has 5 saturated heterocycles. The van der Waals surface area contributed by atoms with Crippen LogP contribution in [-0.2, 0) is 7.05 Å². The van der Waals surface area contributed by atoms with E-state index >= 15 is 0 Å². The van der Waals surface area contributed by atoms with Crippen LogP contribution >= 0.6 is 0 Å². The van der Waals surface area contributed by atoms with Crippen LogP contribution in [0.15, 0.2) is 250 Å². The van der Waals surface area contributed by atoms with Crippen molar-refractivity contribution in [1.29, 1.82) is 0 Å². The van der Waals surface area contributed by atoms with Crippen LogP contribution in [0, 0.1) is 20.8 Å². The van der Waals surface area contributed by atoms with Crippen molar-refractivity contribution in [3.63, 3.8) is 0 Å². The number of nitrogens with zero attached hydrogens (tertiary/aromatic N) is 30. The van der Waals surface area contributed by atoms with E-state index in [-0.39, 0.29) is 27.8 Å². The van der Waals surface area contributed by atoms with Gasteiger partial charge in [-0.3, -0.25) is 75.4 Å². The normalized spacial score (nSPS) is 16.2. The van der Waals surface area contributed by atoms with E-state index in [1.165, 1.54) is 36.9 Å². The number of rotatable bonds is 15. The third kappa shape index (κ3) is 20.7. The Bertz CT molecular complexity index is 8410. The predicted molar refractivity (Wildman–Crippen MR) is 569 cm³/mol. The second kappa shape index (κ2) is 41.3. The highest BCUT2D eigenvalue weighted by Crippen LogP contribution is 2.33. The summed E-state index contributed by atoms with van der Waals surface area (Å²) in [6, 6.07) is 44.8. The number of anilines is 4. The van der Waals surface area contributed by atoms with Gasteiger partial charge in [-0.2, -0.15) is 20.4 Å². The van der Waals surface area contributed by atoms with E-state index in [2.05, 4.69) is 153 Å². The van der Waals surface area contributed by atoms with E-state index in [1.807, 2.05) is 192 Å².